The molecule has 1 fully saturated rings. The summed E-state index contributed by atoms with van der Waals surface area (Å²) in [5.74, 6) is 1.10. The molecule has 0 aliphatic carbocycles. The normalized spacial score (nSPS) is 22.3. The van der Waals surface area contributed by atoms with Crippen LogP contribution in [0.25, 0.3) is 0 Å². The first-order valence-corrected chi connectivity index (χ1v) is 7.42. The van der Waals surface area contributed by atoms with Gasteiger partial charge in [0.1, 0.15) is 5.82 Å². The summed E-state index contributed by atoms with van der Waals surface area (Å²) < 4.78 is 23.3. The third-order valence-corrected chi connectivity index (χ3v) is 5.29. The molecule has 2 rings (SSSR count). The molecule has 2 heterocycles. The van der Waals surface area contributed by atoms with Crippen LogP contribution in [0.4, 0.5) is 11.5 Å². The fourth-order valence-electron chi connectivity index (χ4n) is 2.00. The SMILES string of the molecule is CNc1cc(NCC2CCCS2(=O)=O)ccn1. The molecule has 1 aliphatic heterocycles. The molecule has 0 radical (unpaired) electrons. The van der Waals surface area contributed by atoms with E-state index in [0.717, 1.165) is 24.3 Å². The molecule has 94 valence electrons. The molecule has 0 amide bonds. The minimum atomic E-state index is -2.87. The summed E-state index contributed by atoms with van der Waals surface area (Å²) >= 11 is 0. The number of nitrogens with one attached hydrogen (secondary N) is 2. The standard InChI is InChI=1S/C11H17N3O2S/c1-12-11-7-9(4-5-13-11)14-8-10-3-2-6-17(10,15)16/h4-5,7,10H,2-3,6,8H2,1H3,(H2,12,13,14). The van der Waals surface area contributed by atoms with Crippen molar-refractivity contribution in [3.63, 3.8) is 0 Å². The Bertz CT molecular complexity index is 487. The highest BCUT2D eigenvalue weighted by atomic mass is 32.2. The number of hydrogen-bond acceptors (Lipinski definition) is 5. The lowest BCUT2D eigenvalue weighted by molar-refractivity contribution is 0.591. The summed E-state index contributed by atoms with van der Waals surface area (Å²) in [5, 5.41) is 5.86. The van der Waals surface area contributed by atoms with Gasteiger partial charge >= 0.3 is 0 Å². The monoisotopic (exact) mass is 255 g/mol. The first-order chi connectivity index (χ1) is 8.12. The van der Waals surface area contributed by atoms with Gasteiger partial charge in [-0.3, -0.25) is 0 Å². The second-order valence-corrected chi connectivity index (χ2v) is 6.59. The van der Waals surface area contributed by atoms with Crippen LogP contribution < -0.4 is 10.6 Å². The molecule has 1 atom stereocenters. The lowest BCUT2D eigenvalue weighted by Gasteiger charge is -2.12. The molecule has 1 aromatic heterocycles. The molecule has 5 nitrogen and oxygen atoms in total. The quantitative estimate of drug-likeness (QED) is 0.843. The van der Waals surface area contributed by atoms with E-state index in [4.69, 9.17) is 0 Å². The predicted octanol–water partition coefficient (Wildman–Crippen LogP) is 1.11. The van der Waals surface area contributed by atoms with Crippen molar-refractivity contribution in [2.45, 2.75) is 18.1 Å². The van der Waals surface area contributed by atoms with Crippen molar-refractivity contribution in [2.75, 3.05) is 30.0 Å². The van der Waals surface area contributed by atoms with Crippen LogP contribution >= 0.6 is 0 Å². The first kappa shape index (κ1) is 12.2. The zero-order valence-electron chi connectivity index (χ0n) is 9.81. The maximum atomic E-state index is 11.6. The van der Waals surface area contributed by atoms with Crippen LogP contribution in [0.15, 0.2) is 18.3 Å². The smallest absolute Gasteiger partial charge is 0.154 e. The highest BCUT2D eigenvalue weighted by Gasteiger charge is 2.30. The number of sulfone groups is 1. The number of nitrogens with zero attached hydrogens (tertiary/aromatic N) is 1. The Morgan fingerprint density at radius 2 is 2.35 bits per heavy atom. The summed E-state index contributed by atoms with van der Waals surface area (Å²) in [5.41, 5.74) is 0.895. The predicted molar refractivity (Wildman–Crippen MR) is 69.1 cm³/mol. The van der Waals surface area contributed by atoms with Gasteiger partial charge in [0.25, 0.3) is 0 Å². The van der Waals surface area contributed by atoms with Gasteiger partial charge in [0.05, 0.1) is 11.0 Å². The zero-order valence-corrected chi connectivity index (χ0v) is 10.6. The molecular weight excluding hydrogens is 238 g/mol. The largest absolute Gasteiger partial charge is 0.384 e. The van der Waals surface area contributed by atoms with Gasteiger partial charge in [0.15, 0.2) is 9.84 Å². The van der Waals surface area contributed by atoms with Gasteiger partial charge < -0.3 is 10.6 Å². The van der Waals surface area contributed by atoms with Crippen LogP contribution in [0.3, 0.4) is 0 Å². The van der Waals surface area contributed by atoms with Crippen molar-refractivity contribution in [3.8, 4) is 0 Å². The molecular formula is C11H17N3O2S. The van der Waals surface area contributed by atoms with Gasteiger partial charge in [-0.1, -0.05) is 0 Å². The summed E-state index contributed by atoms with van der Waals surface area (Å²) in [6, 6.07) is 3.70. The number of pyridine rings is 1. The molecule has 0 aromatic carbocycles. The van der Waals surface area contributed by atoms with Crippen LogP contribution in [0, 0.1) is 0 Å². The van der Waals surface area contributed by atoms with E-state index in [2.05, 4.69) is 15.6 Å². The second-order valence-electron chi connectivity index (χ2n) is 4.19. The Kier molecular flexibility index (Phi) is 3.51. The molecule has 1 aliphatic rings. The van der Waals surface area contributed by atoms with E-state index in [1.807, 2.05) is 12.1 Å². The maximum absolute atomic E-state index is 11.6. The molecule has 0 bridgehead atoms. The second kappa shape index (κ2) is 4.91. The minimum Gasteiger partial charge on any atom is -0.384 e. The van der Waals surface area contributed by atoms with Gasteiger partial charge in [-0.2, -0.15) is 0 Å². The number of anilines is 2. The third kappa shape index (κ3) is 2.88. The Morgan fingerprint density at radius 3 is 3.00 bits per heavy atom. The molecule has 6 heteroatoms. The average molecular weight is 255 g/mol. The summed E-state index contributed by atoms with van der Waals surface area (Å²) in [4.78, 5) is 4.10. The van der Waals surface area contributed by atoms with Crippen molar-refractivity contribution in [2.24, 2.45) is 0 Å². The van der Waals surface area contributed by atoms with Crippen molar-refractivity contribution in [1.29, 1.82) is 0 Å². The molecule has 1 saturated heterocycles. The molecule has 17 heavy (non-hydrogen) atoms. The van der Waals surface area contributed by atoms with Crippen LogP contribution in [0.5, 0.6) is 0 Å². The van der Waals surface area contributed by atoms with Crippen molar-refractivity contribution < 1.29 is 8.42 Å². The van der Waals surface area contributed by atoms with E-state index in [-0.39, 0.29) is 5.25 Å². The molecule has 1 aromatic rings. The van der Waals surface area contributed by atoms with Crippen LogP contribution in [-0.4, -0.2) is 38.0 Å². The fraction of sp³-hybridized carbons (Fsp3) is 0.545. The molecule has 0 saturated carbocycles. The average Bonchev–Trinajstić information content (AvgIpc) is 2.66. The van der Waals surface area contributed by atoms with Crippen molar-refractivity contribution in [3.05, 3.63) is 18.3 Å². The van der Waals surface area contributed by atoms with Gasteiger partial charge in [0, 0.05) is 31.5 Å². The van der Waals surface area contributed by atoms with Gasteiger partial charge in [-0.25, -0.2) is 13.4 Å². The maximum Gasteiger partial charge on any atom is 0.154 e. The van der Waals surface area contributed by atoms with Gasteiger partial charge in [0.2, 0.25) is 0 Å². The lowest BCUT2D eigenvalue weighted by atomic mass is 10.2. The third-order valence-electron chi connectivity index (χ3n) is 3.01. The van der Waals surface area contributed by atoms with Crippen molar-refractivity contribution >= 4 is 21.3 Å². The molecule has 2 N–H and O–H groups in total. The van der Waals surface area contributed by atoms with E-state index in [1.54, 1.807) is 13.2 Å². The highest BCUT2D eigenvalue weighted by molar-refractivity contribution is 7.92. The number of hydrogen-bond donors (Lipinski definition) is 2. The Morgan fingerprint density at radius 1 is 1.53 bits per heavy atom. The zero-order chi connectivity index (χ0) is 12.3. The van der Waals surface area contributed by atoms with Crippen LogP contribution in [-0.2, 0) is 9.84 Å². The lowest BCUT2D eigenvalue weighted by Crippen LogP contribution is -2.25. The summed E-state index contributed by atoms with van der Waals surface area (Å²) in [6.07, 6.45) is 3.24. The van der Waals surface area contributed by atoms with E-state index < -0.39 is 9.84 Å². The van der Waals surface area contributed by atoms with Crippen LogP contribution in [0.2, 0.25) is 0 Å². The van der Waals surface area contributed by atoms with E-state index >= 15 is 0 Å². The molecule has 0 spiro atoms. The van der Waals surface area contributed by atoms with E-state index in [9.17, 15) is 8.42 Å². The van der Waals surface area contributed by atoms with E-state index in [0.29, 0.717) is 12.3 Å². The van der Waals surface area contributed by atoms with Crippen molar-refractivity contribution in [1.82, 2.24) is 4.98 Å². The Hall–Kier alpha value is -1.30. The summed E-state index contributed by atoms with van der Waals surface area (Å²) in [6.45, 7) is 0.482. The minimum absolute atomic E-state index is 0.242. The molecule has 1 unspecified atom stereocenters. The topological polar surface area (TPSA) is 71.1 Å². The van der Waals surface area contributed by atoms with Gasteiger partial charge in [-0.05, 0) is 18.9 Å². The van der Waals surface area contributed by atoms with Crippen LogP contribution in [0.1, 0.15) is 12.8 Å². The highest BCUT2D eigenvalue weighted by Crippen LogP contribution is 2.21. The summed E-state index contributed by atoms with van der Waals surface area (Å²) in [7, 11) is -1.07. The number of aromatic nitrogens is 1. The van der Waals surface area contributed by atoms with E-state index in [1.165, 1.54) is 0 Å². The fourth-order valence-corrected chi connectivity index (χ4v) is 3.76. The first-order valence-electron chi connectivity index (χ1n) is 5.71. The Balaban J connectivity index is 1.98. The Labute approximate surface area is 102 Å². The van der Waals surface area contributed by atoms with Gasteiger partial charge in [-0.15, -0.1) is 0 Å². The number of rotatable bonds is 4.